The van der Waals surface area contributed by atoms with Gasteiger partial charge in [-0.25, -0.2) is 4.39 Å². The molecule has 0 aromatic heterocycles. The molecule has 0 spiro atoms. The summed E-state index contributed by atoms with van der Waals surface area (Å²) in [5.41, 5.74) is 0.383. The van der Waals surface area contributed by atoms with E-state index in [1.165, 1.54) is 12.1 Å². The van der Waals surface area contributed by atoms with Gasteiger partial charge in [-0.1, -0.05) is 32.4 Å². The standard InChI is InChI=1S/C17H24FNO2/c1-12(2)15(20)8-11-19-16(21)17(9-3-10-17)13-4-6-14(18)7-5-13/h4-7,12,15,20H,3,8-11H2,1-2H3,(H,19,21). The molecule has 1 aromatic rings. The van der Waals surface area contributed by atoms with Gasteiger partial charge in [0.05, 0.1) is 11.5 Å². The number of benzene rings is 1. The van der Waals surface area contributed by atoms with Crippen LogP contribution in [-0.2, 0) is 10.2 Å². The quantitative estimate of drug-likeness (QED) is 0.847. The van der Waals surface area contributed by atoms with Crippen LogP contribution in [0.25, 0.3) is 0 Å². The summed E-state index contributed by atoms with van der Waals surface area (Å²) in [5, 5.41) is 12.7. The number of hydrogen-bond acceptors (Lipinski definition) is 2. The van der Waals surface area contributed by atoms with Crippen molar-refractivity contribution in [3.8, 4) is 0 Å². The number of halogens is 1. The molecular formula is C17H24FNO2. The van der Waals surface area contributed by atoms with E-state index in [1.54, 1.807) is 12.1 Å². The number of carbonyl (C=O) groups is 1. The highest BCUT2D eigenvalue weighted by atomic mass is 19.1. The fourth-order valence-electron chi connectivity index (χ4n) is 2.78. The SMILES string of the molecule is CC(C)C(O)CCNC(=O)C1(c2ccc(F)cc2)CCC1. The van der Waals surface area contributed by atoms with E-state index in [0.717, 1.165) is 24.8 Å². The highest BCUT2D eigenvalue weighted by Crippen LogP contribution is 2.43. The molecule has 0 bridgehead atoms. The molecule has 0 radical (unpaired) electrons. The third-order valence-corrected chi connectivity index (χ3v) is 4.53. The van der Waals surface area contributed by atoms with Gasteiger partial charge in [-0.05, 0) is 42.9 Å². The van der Waals surface area contributed by atoms with Gasteiger partial charge < -0.3 is 10.4 Å². The molecule has 116 valence electrons. The lowest BCUT2D eigenvalue weighted by Crippen LogP contribution is -2.49. The van der Waals surface area contributed by atoms with E-state index in [0.29, 0.717) is 13.0 Å². The van der Waals surface area contributed by atoms with E-state index in [9.17, 15) is 14.3 Å². The Morgan fingerprint density at radius 3 is 2.43 bits per heavy atom. The van der Waals surface area contributed by atoms with Gasteiger partial charge in [-0.2, -0.15) is 0 Å². The molecule has 1 aliphatic carbocycles. The monoisotopic (exact) mass is 293 g/mol. The summed E-state index contributed by atoms with van der Waals surface area (Å²) in [4.78, 5) is 12.5. The molecular weight excluding hydrogens is 269 g/mol. The van der Waals surface area contributed by atoms with E-state index in [2.05, 4.69) is 5.32 Å². The zero-order valence-electron chi connectivity index (χ0n) is 12.7. The van der Waals surface area contributed by atoms with Crippen molar-refractivity contribution in [1.29, 1.82) is 0 Å². The van der Waals surface area contributed by atoms with Crippen LogP contribution in [0, 0.1) is 11.7 Å². The molecule has 1 amide bonds. The van der Waals surface area contributed by atoms with Gasteiger partial charge >= 0.3 is 0 Å². The summed E-state index contributed by atoms with van der Waals surface area (Å²) in [6.07, 6.45) is 2.78. The van der Waals surface area contributed by atoms with Crippen LogP contribution in [0.1, 0.15) is 45.1 Å². The highest BCUT2D eigenvalue weighted by Gasteiger charge is 2.45. The van der Waals surface area contributed by atoms with Crippen LogP contribution in [0.4, 0.5) is 4.39 Å². The first-order chi connectivity index (χ1) is 9.95. The second kappa shape index (κ2) is 6.56. The molecule has 1 fully saturated rings. The first-order valence-corrected chi connectivity index (χ1v) is 7.68. The topological polar surface area (TPSA) is 49.3 Å². The smallest absolute Gasteiger partial charge is 0.230 e. The third-order valence-electron chi connectivity index (χ3n) is 4.53. The van der Waals surface area contributed by atoms with Gasteiger partial charge in [0.1, 0.15) is 5.82 Å². The minimum Gasteiger partial charge on any atom is -0.393 e. The number of rotatable bonds is 6. The Bertz CT molecular complexity index is 480. The molecule has 1 aromatic carbocycles. The van der Waals surface area contributed by atoms with E-state index in [4.69, 9.17) is 0 Å². The van der Waals surface area contributed by atoms with Gasteiger partial charge in [-0.3, -0.25) is 4.79 Å². The van der Waals surface area contributed by atoms with Gasteiger partial charge in [-0.15, -0.1) is 0 Å². The fourth-order valence-corrected chi connectivity index (χ4v) is 2.78. The summed E-state index contributed by atoms with van der Waals surface area (Å²) in [7, 11) is 0. The predicted octanol–water partition coefficient (Wildman–Crippen LogP) is 2.77. The Morgan fingerprint density at radius 2 is 1.95 bits per heavy atom. The molecule has 1 atom stereocenters. The van der Waals surface area contributed by atoms with Crippen LogP contribution >= 0.6 is 0 Å². The predicted molar refractivity (Wildman–Crippen MR) is 80.4 cm³/mol. The van der Waals surface area contributed by atoms with Crippen molar-refractivity contribution in [3.63, 3.8) is 0 Å². The zero-order valence-corrected chi connectivity index (χ0v) is 12.7. The van der Waals surface area contributed by atoms with Crippen LogP contribution in [0.15, 0.2) is 24.3 Å². The first-order valence-electron chi connectivity index (χ1n) is 7.68. The largest absolute Gasteiger partial charge is 0.393 e. The number of nitrogens with one attached hydrogen (secondary N) is 1. The van der Waals surface area contributed by atoms with Crippen LogP contribution < -0.4 is 5.32 Å². The number of aliphatic hydroxyl groups is 1. The Hall–Kier alpha value is -1.42. The lowest BCUT2D eigenvalue weighted by atomic mass is 9.64. The average molecular weight is 293 g/mol. The van der Waals surface area contributed by atoms with Gasteiger partial charge in [0.15, 0.2) is 0 Å². The maximum Gasteiger partial charge on any atom is 0.230 e. The minimum atomic E-state index is -0.503. The van der Waals surface area contributed by atoms with Gasteiger partial charge in [0.25, 0.3) is 0 Å². The number of hydrogen-bond donors (Lipinski definition) is 2. The van der Waals surface area contributed by atoms with Crippen LogP contribution in [0.5, 0.6) is 0 Å². The Kier molecular flexibility index (Phi) is 4.99. The molecule has 4 heteroatoms. The maximum absolute atomic E-state index is 13.0. The van der Waals surface area contributed by atoms with Crippen LogP contribution in [0.3, 0.4) is 0 Å². The summed E-state index contributed by atoms with van der Waals surface area (Å²) in [6, 6.07) is 6.23. The van der Waals surface area contributed by atoms with Crippen molar-refractivity contribution in [2.75, 3.05) is 6.54 Å². The van der Waals surface area contributed by atoms with Crippen molar-refractivity contribution in [2.24, 2.45) is 5.92 Å². The zero-order chi connectivity index (χ0) is 15.5. The first kappa shape index (κ1) is 16.0. The number of carbonyl (C=O) groups excluding carboxylic acids is 1. The van der Waals surface area contributed by atoms with Crippen molar-refractivity contribution in [1.82, 2.24) is 5.32 Å². The molecule has 2 N–H and O–H groups in total. The van der Waals surface area contributed by atoms with Crippen LogP contribution in [-0.4, -0.2) is 23.7 Å². The average Bonchev–Trinajstić information content (AvgIpc) is 2.39. The summed E-state index contributed by atoms with van der Waals surface area (Å²) < 4.78 is 13.0. The minimum absolute atomic E-state index is 0.00341. The normalized spacial score (nSPS) is 18.1. The second-order valence-corrected chi connectivity index (χ2v) is 6.30. The van der Waals surface area contributed by atoms with Crippen molar-refractivity contribution < 1.29 is 14.3 Å². The molecule has 3 nitrogen and oxygen atoms in total. The van der Waals surface area contributed by atoms with Gasteiger partial charge in [0, 0.05) is 6.54 Å². The molecule has 21 heavy (non-hydrogen) atoms. The Balaban J connectivity index is 1.97. The molecule has 2 rings (SSSR count). The third kappa shape index (κ3) is 3.43. The lowest BCUT2D eigenvalue weighted by molar-refractivity contribution is -0.130. The summed E-state index contributed by atoms with van der Waals surface area (Å²) >= 11 is 0. The maximum atomic E-state index is 13.0. The van der Waals surface area contributed by atoms with E-state index >= 15 is 0 Å². The summed E-state index contributed by atoms with van der Waals surface area (Å²) in [6.45, 7) is 4.39. The fraction of sp³-hybridized carbons (Fsp3) is 0.588. The Morgan fingerprint density at radius 1 is 1.33 bits per heavy atom. The van der Waals surface area contributed by atoms with Crippen LogP contribution in [0.2, 0.25) is 0 Å². The second-order valence-electron chi connectivity index (χ2n) is 6.30. The van der Waals surface area contributed by atoms with Gasteiger partial charge in [0.2, 0.25) is 5.91 Å². The lowest BCUT2D eigenvalue weighted by Gasteiger charge is -2.40. The molecule has 0 aliphatic heterocycles. The van der Waals surface area contributed by atoms with E-state index in [1.807, 2.05) is 13.8 Å². The summed E-state index contributed by atoms with van der Waals surface area (Å²) in [5.74, 6) is -0.0957. The van der Waals surface area contributed by atoms with Crippen molar-refractivity contribution in [3.05, 3.63) is 35.6 Å². The van der Waals surface area contributed by atoms with E-state index < -0.39 is 11.5 Å². The number of aliphatic hydroxyl groups excluding tert-OH is 1. The molecule has 0 heterocycles. The molecule has 0 saturated heterocycles. The highest BCUT2D eigenvalue weighted by molar-refractivity contribution is 5.89. The Labute approximate surface area is 125 Å². The number of amides is 1. The van der Waals surface area contributed by atoms with E-state index in [-0.39, 0.29) is 17.6 Å². The molecule has 1 saturated carbocycles. The van der Waals surface area contributed by atoms with Crippen molar-refractivity contribution >= 4 is 5.91 Å². The molecule has 1 unspecified atom stereocenters. The molecule has 1 aliphatic rings. The van der Waals surface area contributed by atoms with Crippen molar-refractivity contribution in [2.45, 2.75) is 51.0 Å².